The van der Waals surface area contributed by atoms with E-state index in [1.54, 1.807) is 0 Å². The van der Waals surface area contributed by atoms with Gasteiger partial charge in [-0.25, -0.2) is 4.98 Å². The van der Waals surface area contributed by atoms with E-state index in [9.17, 15) is 4.79 Å². The molecule has 0 saturated carbocycles. The molecule has 0 atom stereocenters. The zero-order valence-corrected chi connectivity index (χ0v) is 15.1. The Labute approximate surface area is 156 Å². The number of para-hydroxylation sites is 2. The Morgan fingerprint density at radius 2 is 1.85 bits per heavy atom. The monoisotopic (exact) mass is 360 g/mol. The van der Waals surface area contributed by atoms with Crippen molar-refractivity contribution >= 4 is 27.8 Å². The third-order valence-electron chi connectivity index (χ3n) is 5.21. The fraction of sp³-hybridized carbons (Fsp3) is 0.250. The van der Waals surface area contributed by atoms with Crippen LogP contribution >= 0.6 is 0 Å². The highest BCUT2D eigenvalue weighted by molar-refractivity contribution is 6.01. The molecule has 1 amide bonds. The topological polar surface area (TPSA) is 80.9 Å². The summed E-state index contributed by atoms with van der Waals surface area (Å²) >= 11 is 0. The summed E-state index contributed by atoms with van der Waals surface area (Å²) in [5.41, 5.74) is 4.17. The van der Waals surface area contributed by atoms with Gasteiger partial charge in [0.15, 0.2) is 5.82 Å². The Hall–Kier alpha value is -3.19. The van der Waals surface area contributed by atoms with Gasteiger partial charge in [-0.05, 0) is 37.4 Å². The number of aromatic nitrogens is 4. The Morgan fingerprint density at radius 3 is 2.67 bits per heavy atom. The summed E-state index contributed by atoms with van der Waals surface area (Å²) in [7, 11) is 2.08. The SMILES string of the molecule is CN1CCN(C(=O)c2ccc3[nH]nc(-c4nc5ccccc5[nH]4)c3c2)CC1. The fourth-order valence-electron chi connectivity index (χ4n) is 3.58. The molecule has 5 rings (SSSR count). The van der Waals surface area contributed by atoms with Gasteiger partial charge in [-0.1, -0.05) is 12.1 Å². The molecule has 1 saturated heterocycles. The van der Waals surface area contributed by atoms with Gasteiger partial charge in [-0.2, -0.15) is 5.10 Å². The van der Waals surface area contributed by atoms with E-state index in [1.165, 1.54) is 0 Å². The number of fused-ring (bicyclic) bond motifs is 2. The van der Waals surface area contributed by atoms with Crippen LogP contribution in [0, 0.1) is 0 Å². The van der Waals surface area contributed by atoms with Crippen LogP contribution in [0.15, 0.2) is 42.5 Å². The van der Waals surface area contributed by atoms with Crippen molar-refractivity contribution in [2.45, 2.75) is 0 Å². The van der Waals surface area contributed by atoms with Gasteiger partial charge >= 0.3 is 0 Å². The van der Waals surface area contributed by atoms with Gasteiger partial charge in [0.2, 0.25) is 0 Å². The number of likely N-dealkylation sites (N-methyl/N-ethyl adjacent to an activating group) is 1. The summed E-state index contributed by atoms with van der Waals surface area (Å²) < 4.78 is 0. The van der Waals surface area contributed by atoms with Crippen LogP contribution < -0.4 is 0 Å². The van der Waals surface area contributed by atoms with Crippen LogP contribution in [0.5, 0.6) is 0 Å². The highest BCUT2D eigenvalue weighted by atomic mass is 16.2. The number of H-pyrrole nitrogens is 2. The lowest BCUT2D eigenvalue weighted by Crippen LogP contribution is -2.47. The highest BCUT2D eigenvalue weighted by Crippen LogP contribution is 2.27. The zero-order chi connectivity index (χ0) is 18.4. The number of amides is 1. The molecule has 136 valence electrons. The standard InChI is InChI=1S/C20H20N6O/c1-25-8-10-26(11-9-25)20(27)13-6-7-15-14(12-13)18(24-23-15)19-21-16-4-2-3-5-17(16)22-19/h2-7,12H,8-11H2,1H3,(H,21,22)(H,23,24). The third-order valence-corrected chi connectivity index (χ3v) is 5.21. The van der Waals surface area contributed by atoms with Crippen molar-refractivity contribution in [3.63, 3.8) is 0 Å². The number of rotatable bonds is 2. The van der Waals surface area contributed by atoms with Crippen LogP contribution in [-0.2, 0) is 0 Å². The van der Waals surface area contributed by atoms with Crippen molar-refractivity contribution < 1.29 is 4.79 Å². The zero-order valence-electron chi connectivity index (χ0n) is 15.1. The lowest BCUT2D eigenvalue weighted by atomic mass is 10.1. The minimum Gasteiger partial charge on any atom is -0.337 e. The number of nitrogens with zero attached hydrogens (tertiary/aromatic N) is 4. The number of carbonyl (C=O) groups is 1. The predicted octanol–water partition coefficient (Wildman–Crippen LogP) is 2.49. The number of aromatic amines is 2. The Kier molecular flexibility index (Phi) is 3.68. The summed E-state index contributed by atoms with van der Waals surface area (Å²) in [5.74, 6) is 0.772. The summed E-state index contributed by atoms with van der Waals surface area (Å²) in [4.78, 5) is 25.0. The van der Waals surface area contributed by atoms with E-state index in [4.69, 9.17) is 0 Å². The van der Waals surface area contributed by atoms with E-state index in [-0.39, 0.29) is 5.91 Å². The van der Waals surface area contributed by atoms with Crippen LogP contribution in [0.3, 0.4) is 0 Å². The third kappa shape index (κ3) is 2.76. The molecular formula is C20H20N6O. The van der Waals surface area contributed by atoms with E-state index >= 15 is 0 Å². The maximum absolute atomic E-state index is 12.9. The fourth-order valence-corrected chi connectivity index (χ4v) is 3.58. The first kappa shape index (κ1) is 16.0. The lowest BCUT2D eigenvalue weighted by Gasteiger charge is -2.32. The van der Waals surface area contributed by atoms with E-state index in [2.05, 4.69) is 32.1 Å². The number of imidazole rings is 1. The second-order valence-electron chi connectivity index (χ2n) is 7.03. The summed E-state index contributed by atoms with van der Waals surface area (Å²) in [6.07, 6.45) is 0. The molecule has 2 N–H and O–H groups in total. The normalized spacial score (nSPS) is 15.7. The van der Waals surface area contributed by atoms with Crippen molar-refractivity contribution in [3.05, 3.63) is 48.0 Å². The maximum atomic E-state index is 12.9. The number of hydrogen-bond donors (Lipinski definition) is 2. The predicted molar refractivity (Wildman–Crippen MR) is 105 cm³/mol. The van der Waals surface area contributed by atoms with Crippen LogP contribution in [-0.4, -0.2) is 69.1 Å². The summed E-state index contributed by atoms with van der Waals surface area (Å²) in [6.45, 7) is 3.33. The molecule has 1 fully saturated rings. The Morgan fingerprint density at radius 1 is 1.04 bits per heavy atom. The smallest absolute Gasteiger partial charge is 0.253 e. The average molecular weight is 360 g/mol. The number of nitrogens with one attached hydrogen (secondary N) is 2. The largest absolute Gasteiger partial charge is 0.337 e. The number of piperazine rings is 1. The first-order chi connectivity index (χ1) is 13.2. The molecular weight excluding hydrogens is 340 g/mol. The van der Waals surface area contributed by atoms with Crippen molar-refractivity contribution in [1.82, 2.24) is 30.0 Å². The van der Waals surface area contributed by atoms with Gasteiger partial charge in [0.25, 0.3) is 5.91 Å². The molecule has 1 aliphatic rings. The molecule has 1 aliphatic heterocycles. The van der Waals surface area contributed by atoms with Gasteiger partial charge in [0.05, 0.1) is 16.6 Å². The van der Waals surface area contributed by atoms with E-state index in [0.29, 0.717) is 11.4 Å². The number of hydrogen-bond acceptors (Lipinski definition) is 4. The van der Waals surface area contributed by atoms with Crippen molar-refractivity contribution in [2.24, 2.45) is 0 Å². The van der Waals surface area contributed by atoms with Gasteiger partial charge in [0, 0.05) is 37.1 Å². The molecule has 0 spiro atoms. The van der Waals surface area contributed by atoms with Crippen LogP contribution in [0.4, 0.5) is 0 Å². The molecule has 7 nitrogen and oxygen atoms in total. The molecule has 0 radical (unpaired) electrons. The minimum atomic E-state index is 0.0711. The van der Waals surface area contributed by atoms with Crippen LogP contribution in [0.2, 0.25) is 0 Å². The quantitative estimate of drug-likeness (QED) is 0.575. The van der Waals surface area contributed by atoms with Gasteiger partial charge in [-0.15, -0.1) is 0 Å². The van der Waals surface area contributed by atoms with Gasteiger partial charge in [0.1, 0.15) is 5.69 Å². The minimum absolute atomic E-state index is 0.0711. The first-order valence-electron chi connectivity index (χ1n) is 9.10. The van der Waals surface area contributed by atoms with Crippen LogP contribution in [0.1, 0.15) is 10.4 Å². The maximum Gasteiger partial charge on any atom is 0.253 e. The van der Waals surface area contributed by atoms with Crippen molar-refractivity contribution in [1.29, 1.82) is 0 Å². The van der Waals surface area contributed by atoms with Crippen LogP contribution in [0.25, 0.3) is 33.5 Å². The van der Waals surface area contributed by atoms with Crippen molar-refractivity contribution in [3.8, 4) is 11.5 Å². The molecule has 0 bridgehead atoms. The molecule has 3 heterocycles. The molecule has 4 aromatic rings. The molecule has 2 aromatic carbocycles. The molecule has 0 aliphatic carbocycles. The van der Waals surface area contributed by atoms with Gasteiger partial charge in [-0.3, -0.25) is 9.89 Å². The lowest BCUT2D eigenvalue weighted by molar-refractivity contribution is 0.0664. The van der Waals surface area contributed by atoms with E-state index < -0.39 is 0 Å². The Bertz CT molecular complexity index is 1100. The summed E-state index contributed by atoms with van der Waals surface area (Å²) in [5, 5.41) is 8.37. The second kappa shape index (κ2) is 6.21. The summed E-state index contributed by atoms with van der Waals surface area (Å²) in [6, 6.07) is 13.6. The Balaban J connectivity index is 1.53. The molecule has 0 unspecified atom stereocenters. The van der Waals surface area contributed by atoms with E-state index in [0.717, 1.165) is 53.8 Å². The number of carbonyl (C=O) groups excluding carboxylic acids is 1. The number of benzene rings is 2. The van der Waals surface area contributed by atoms with Crippen molar-refractivity contribution in [2.75, 3.05) is 33.2 Å². The van der Waals surface area contributed by atoms with Gasteiger partial charge < -0.3 is 14.8 Å². The highest BCUT2D eigenvalue weighted by Gasteiger charge is 2.21. The average Bonchev–Trinajstić information content (AvgIpc) is 3.31. The first-order valence-corrected chi connectivity index (χ1v) is 9.10. The second-order valence-corrected chi connectivity index (χ2v) is 7.03. The molecule has 7 heteroatoms. The van der Waals surface area contributed by atoms with E-state index in [1.807, 2.05) is 47.4 Å². The molecule has 27 heavy (non-hydrogen) atoms. The molecule has 2 aromatic heterocycles.